The highest BCUT2D eigenvalue weighted by molar-refractivity contribution is 8.13. The average Bonchev–Trinajstić information content (AvgIpc) is 2.72. The van der Waals surface area contributed by atoms with Crippen molar-refractivity contribution >= 4 is 23.3 Å². The fourth-order valence-electron chi connectivity index (χ4n) is 2.46. The number of aliphatic hydroxyl groups is 1. The molecule has 0 saturated carbocycles. The predicted molar refractivity (Wildman–Crippen MR) is 106 cm³/mol. The molecular weight excluding hydrogens is 366 g/mol. The molecule has 2 aromatic rings. The molecule has 0 aromatic heterocycles. The number of ether oxygens (including phenoxy) is 2. The third-order valence-electron chi connectivity index (χ3n) is 4.01. The van der Waals surface area contributed by atoms with E-state index in [1.165, 1.54) is 0 Å². The number of amides is 1. The van der Waals surface area contributed by atoms with E-state index in [9.17, 15) is 14.7 Å². The Labute approximate surface area is 162 Å². The highest BCUT2D eigenvalue weighted by atomic mass is 32.2. The van der Waals surface area contributed by atoms with Crippen LogP contribution in [-0.2, 0) is 16.0 Å². The third-order valence-corrected chi connectivity index (χ3v) is 4.83. The van der Waals surface area contributed by atoms with Crippen LogP contribution in [-0.4, -0.2) is 42.6 Å². The molecule has 2 rings (SSSR count). The van der Waals surface area contributed by atoms with Gasteiger partial charge in [-0.15, -0.1) is 0 Å². The number of aliphatic hydroxyl groups excluding tert-OH is 1. The van der Waals surface area contributed by atoms with Crippen molar-refractivity contribution in [2.24, 2.45) is 0 Å². The topological polar surface area (TPSA) is 84.9 Å². The molecule has 2 aromatic carbocycles. The number of carbonyl (C=O) groups is 2. The van der Waals surface area contributed by atoms with Gasteiger partial charge >= 0.3 is 0 Å². The number of nitrogens with one attached hydrogen (secondary N) is 1. The van der Waals surface area contributed by atoms with E-state index in [4.69, 9.17) is 9.47 Å². The van der Waals surface area contributed by atoms with Crippen LogP contribution in [0.5, 0.6) is 11.5 Å². The van der Waals surface area contributed by atoms with Crippen LogP contribution in [0.2, 0.25) is 0 Å². The van der Waals surface area contributed by atoms with Gasteiger partial charge in [0.15, 0.2) is 5.62 Å². The van der Waals surface area contributed by atoms with Crippen LogP contribution in [0, 0.1) is 0 Å². The summed E-state index contributed by atoms with van der Waals surface area (Å²) in [6.07, 6.45) is -0.310. The van der Waals surface area contributed by atoms with Gasteiger partial charge in [-0.2, -0.15) is 0 Å². The van der Waals surface area contributed by atoms with Gasteiger partial charge in [0, 0.05) is 7.05 Å². The number of rotatable bonds is 10. The minimum absolute atomic E-state index is 0.119. The molecule has 0 bridgehead atoms. The largest absolute Gasteiger partial charge is 0.497 e. The first-order valence-corrected chi connectivity index (χ1v) is 9.36. The summed E-state index contributed by atoms with van der Waals surface area (Å²) in [7, 11) is 3.14. The molecule has 27 heavy (non-hydrogen) atoms. The molecule has 144 valence electrons. The van der Waals surface area contributed by atoms with Gasteiger partial charge in [-0.1, -0.05) is 36.0 Å². The van der Waals surface area contributed by atoms with Crippen molar-refractivity contribution in [3.63, 3.8) is 0 Å². The predicted octanol–water partition coefficient (Wildman–Crippen LogP) is 2.39. The van der Waals surface area contributed by atoms with Crippen molar-refractivity contribution < 1.29 is 24.2 Å². The minimum atomic E-state index is -0.753. The van der Waals surface area contributed by atoms with E-state index in [2.05, 4.69) is 5.32 Å². The summed E-state index contributed by atoms with van der Waals surface area (Å²) < 4.78 is 10.7. The van der Waals surface area contributed by atoms with Crippen molar-refractivity contribution in [1.82, 2.24) is 5.32 Å². The molecule has 0 heterocycles. The first-order chi connectivity index (χ1) is 13.1. The number of methoxy groups -OCH3 is 1. The molecule has 0 radical (unpaired) electrons. The molecular formula is C20H23NO5S. The number of hydrogen-bond donors (Lipinski definition) is 2. The number of hydrogen-bond acceptors (Lipinski definition) is 6. The first-order valence-electron chi connectivity index (χ1n) is 8.41. The Kier molecular flexibility index (Phi) is 8.16. The zero-order chi connectivity index (χ0) is 19.6. The van der Waals surface area contributed by atoms with E-state index in [0.29, 0.717) is 17.8 Å². The summed E-state index contributed by atoms with van der Waals surface area (Å²) in [6, 6.07) is 14.4. The number of benzene rings is 2. The van der Waals surface area contributed by atoms with Crippen LogP contribution >= 0.6 is 11.8 Å². The standard InChI is InChI=1S/C20H23NO5S/c1-21-20(24)19(27-13-22)11-14-3-7-17(8-4-14)26-12-18(23)15-5-9-16(25-2)10-6-15/h3-10,13,18-19,23H,11-12H2,1-2H3,(H,21,24). The Bertz CT molecular complexity index is 733. The van der Waals surface area contributed by atoms with Crippen molar-refractivity contribution in [2.75, 3.05) is 20.8 Å². The smallest absolute Gasteiger partial charge is 0.233 e. The Morgan fingerprint density at radius 3 is 2.33 bits per heavy atom. The number of carbonyl (C=O) groups excluding carboxylic acids is 2. The van der Waals surface area contributed by atoms with E-state index in [1.807, 2.05) is 12.1 Å². The van der Waals surface area contributed by atoms with Crippen LogP contribution in [0.4, 0.5) is 0 Å². The lowest BCUT2D eigenvalue weighted by Crippen LogP contribution is -2.31. The van der Waals surface area contributed by atoms with Gasteiger partial charge in [0.25, 0.3) is 0 Å². The van der Waals surface area contributed by atoms with Gasteiger partial charge in [0.2, 0.25) is 5.91 Å². The van der Waals surface area contributed by atoms with Gasteiger partial charge in [-0.3, -0.25) is 9.59 Å². The van der Waals surface area contributed by atoms with Crippen LogP contribution in [0.3, 0.4) is 0 Å². The summed E-state index contributed by atoms with van der Waals surface area (Å²) in [5.41, 5.74) is 2.34. The molecule has 2 unspecified atom stereocenters. The van der Waals surface area contributed by atoms with Crippen molar-refractivity contribution in [2.45, 2.75) is 17.8 Å². The lowest BCUT2D eigenvalue weighted by Gasteiger charge is -2.14. The fraction of sp³-hybridized carbons (Fsp3) is 0.300. The van der Waals surface area contributed by atoms with Gasteiger partial charge in [-0.25, -0.2) is 0 Å². The first kappa shape index (κ1) is 20.8. The lowest BCUT2D eigenvalue weighted by atomic mass is 10.1. The Balaban J connectivity index is 1.90. The van der Waals surface area contributed by atoms with Crippen molar-refractivity contribution in [3.05, 3.63) is 59.7 Å². The van der Waals surface area contributed by atoms with E-state index in [0.717, 1.165) is 28.6 Å². The molecule has 0 fully saturated rings. The molecule has 7 heteroatoms. The Morgan fingerprint density at radius 1 is 1.15 bits per heavy atom. The molecule has 0 saturated heterocycles. The highest BCUT2D eigenvalue weighted by Gasteiger charge is 2.18. The van der Waals surface area contributed by atoms with E-state index >= 15 is 0 Å². The highest BCUT2D eigenvalue weighted by Crippen LogP contribution is 2.21. The Morgan fingerprint density at radius 2 is 1.78 bits per heavy atom. The minimum Gasteiger partial charge on any atom is -0.497 e. The summed E-state index contributed by atoms with van der Waals surface area (Å²) in [6.45, 7) is 0.119. The van der Waals surface area contributed by atoms with Crippen LogP contribution in [0.15, 0.2) is 48.5 Å². The quantitative estimate of drug-likeness (QED) is 0.607. The molecule has 0 aliphatic carbocycles. The van der Waals surface area contributed by atoms with E-state index in [-0.39, 0.29) is 12.5 Å². The van der Waals surface area contributed by atoms with Crippen molar-refractivity contribution in [1.29, 1.82) is 0 Å². The SMILES string of the molecule is CNC(=O)C(Cc1ccc(OCC(O)c2ccc(OC)cc2)cc1)SC=O. The maximum absolute atomic E-state index is 11.8. The van der Waals surface area contributed by atoms with Crippen LogP contribution in [0.25, 0.3) is 0 Å². The zero-order valence-corrected chi connectivity index (χ0v) is 16.1. The Hall–Kier alpha value is -2.51. The summed E-state index contributed by atoms with van der Waals surface area (Å²) in [5.74, 6) is 1.16. The van der Waals surface area contributed by atoms with Crippen molar-refractivity contribution in [3.8, 4) is 11.5 Å². The molecule has 0 aliphatic heterocycles. The molecule has 6 nitrogen and oxygen atoms in total. The average molecular weight is 389 g/mol. The van der Waals surface area contributed by atoms with E-state index in [1.54, 1.807) is 50.6 Å². The summed E-state index contributed by atoms with van der Waals surface area (Å²) >= 11 is 0.957. The van der Waals surface area contributed by atoms with Gasteiger partial charge in [-0.05, 0) is 41.8 Å². The van der Waals surface area contributed by atoms with Crippen LogP contribution < -0.4 is 14.8 Å². The summed E-state index contributed by atoms with van der Waals surface area (Å²) in [5, 5.41) is 12.3. The maximum Gasteiger partial charge on any atom is 0.233 e. The van der Waals surface area contributed by atoms with E-state index < -0.39 is 11.4 Å². The number of thioether (sulfide) groups is 1. The fourth-order valence-corrected chi connectivity index (χ4v) is 3.13. The second-order valence-corrected chi connectivity index (χ2v) is 6.82. The van der Waals surface area contributed by atoms with Gasteiger partial charge in [0.1, 0.15) is 24.2 Å². The molecule has 0 spiro atoms. The monoisotopic (exact) mass is 389 g/mol. The molecule has 2 N–H and O–H groups in total. The molecule has 1 amide bonds. The normalized spacial score (nSPS) is 12.7. The van der Waals surface area contributed by atoms with Gasteiger partial charge in [0.05, 0.1) is 12.4 Å². The zero-order valence-electron chi connectivity index (χ0n) is 15.3. The lowest BCUT2D eigenvalue weighted by molar-refractivity contribution is -0.120. The molecule has 0 aliphatic rings. The second-order valence-electron chi connectivity index (χ2n) is 5.78. The summed E-state index contributed by atoms with van der Waals surface area (Å²) in [4.78, 5) is 22.5. The second kappa shape index (κ2) is 10.6. The maximum atomic E-state index is 11.8. The van der Waals surface area contributed by atoms with Crippen LogP contribution in [0.1, 0.15) is 17.2 Å². The molecule has 2 atom stereocenters. The third kappa shape index (κ3) is 6.30. The van der Waals surface area contributed by atoms with Gasteiger partial charge < -0.3 is 19.9 Å².